The van der Waals surface area contributed by atoms with Gasteiger partial charge in [-0.3, -0.25) is 4.79 Å². The van der Waals surface area contributed by atoms with Gasteiger partial charge in [-0.25, -0.2) is 4.79 Å². The van der Waals surface area contributed by atoms with Gasteiger partial charge in [0.25, 0.3) is 0 Å². The van der Waals surface area contributed by atoms with Gasteiger partial charge >= 0.3 is 5.97 Å². The Morgan fingerprint density at radius 2 is 1.15 bits per heavy atom. The molecule has 0 aliphatic rings. The Bertz CT molecular complexity index is 958. The SMILES string of the molecule is CC#CC#CC#CC#CC#CC#CCC(=O)[C@@H](O)[C@H](O)[C@@H](O)[C@@H](O)C(=O)O.[HH].[HH].[HH].[HH].[HH].[HH].[HH].[HH].[HH].[HH].[HH]. The van der Waals surface area contributed by atoms with Gasteiger partial charge in [-0.05, 0) is 66.1 Å². The van der Waals surface area contributed by atoms with Crippen molar-refractivity contribution >= 4 is 11.8 Å². The highest BCUT2D eigenvalue weighted by molar-refractivity contribution is 5.86. The predicted octanol–water partition coefficient (Wildman–Crippen LogP) is 0.220. The molecular weight excluding hydrogens is 352 g/mol. The van der Waals surface area contributed by atoms with Crippen LogP contribution in [0, 0.1) is 71.0 Å². The summed E-state index contributed by atoms with van der Waals surface area (Å²) >= 11 is 0. The second-order valence-electron chi connectivity index (χ2n) is 4.53. The summed E-state index contributed by atoms with van der Waals surface area (Å²) in [5.74, 6) is 25.9. The molecule has 0 amide bonds. The number of hydrogen-bond donors (Lipinski definition) is 5. The summed E-state index contributed by atoms with van der Waals surface area (Å²) in [6.45, 7) is 1.64. The molecule has 7 nitrogen and oxygen atoms in total. The summed E-state index contributed by atoms with van der Waals surface area (Å²) in [4.78, 5) is 22.1. The van der Waals surface area contributed by atoms with Gasteiger partial charge in [-0.15, -0.1) is 0 Å². The molecule has 0 heterocycles. The average Bonchev–Trinajstić information content (AvgIpc) is 2.66. The van der Waals surface area contributed by atoms with Crippen molar-refractivity contribution in [2.45, 2.75) is 37.8 Å². The Balaban J connectivity index is -0.0000000615. The quantitative estimate of drug-likeness (QED) is 0.411. The molecule has 0 radical (unpaired) electrons. The zero-order chi connectivity index (χ0) is 20.7. The number of carbonyl (C=O) groups is 2. The van der Waals surface area contributed by atoms with E-state index in [-0.39, 0.29) is 15.7 Å². The lowest BCUT2D eigenvalue weighted by molar-refractivity contribution is -0.165. The monoisotopic (exact) mass is 388 g/mol. The Morgan fingerprint density at radius 3 is 1.59 bits per heavy atom. The van der Waals surface area contributed by atoms with E-state index in [1.165, 1.54) is 0 Å². The van der Waals surface area contributed by atoms with Crippen LogP contribution in [-0.2, 0) is 9.59 Å². The molecule has 0 spiro atoms. The fourth-order valence-electron chi connectivity index (χ4n) is 1.30. The third-order valence-corrected chi connectivity index (χ3v) is 2.62. The van der Waals surface area contributed by atoms with Gasteiger partial charge in [0.15, 0.2) is 11.9 Å². The number of aliphatic hydroxyl groups excluding tert-OH is 4. The normalized spacial score (nSPS) is 12.3. The van der Waals surface area contributed by atoms with Crippen molar-refractivity contribution in [3.63, 3.8) is 0 Å². The Morgan fingerprint density at radius 1 is 0.741 bits per heavy atom. The van der Waals surface area contributed by atoms with E-state index in [1.54, 1.807) is 6.92 Å². The van der Waals surface area contributed by atoms with Crippen LogP contribution >= 0.6 is 0 Å². The van der Waals surface area contributed by atoms with Gasteiger partial charge in [0.1, 0.15) is 18.3 Å². The van der Waals surface area contributed by atoms with Gasteiger partial charge in [0.2, 0.25) is 0 Å². The van der Waals surface area contributed by atoms with Gasteiger partial charge < -0.3 is 25.5 Å². The molecule has 27 heavy (non-hydrogen) atoms. The number of aliphatic hydroxyl groups is 4. The number of rotatable bonds is 6. The lowest BCUT2D eigenvalue weighted by Gasteiger charge is -2.23. The van der Waals surface area contributed by atoms with Gasteiger partial charge in [-0.1, -0.05) is 11.8 Å². The highest BCUT2D eigenvalue weighted by atomic mass is 16.4. The van der Waals surface area contributed by atoms with Crippen LogP contribution in [-0.4, -0.2) is 61.7 Å². The largest absolute Gasteiger partial charge is 0.479 e. The zero-order valence-electron chi connectivity index (χ0n) is 14.1. The Labute approximate surface area is 172 Å². The molecule has 0 fully saturated rings. The van der Waals surface area contributed by atoms with Crippen LogP contribution in [0.15, 0.2) is 0 Å². The first-order valence-electron chi connectivity index (χ1n) is 7.20. The second-order valence-corrected chi connectivity index (χ2v) is 4.53. The van der Waals surface area contributed by atoms with Crippen molar-refractivity contribution in [2.75, 3.05) is 0 Å². The van der Waals surface area contributed by atoms with Crippen LogP contribution < -0.4 is 0 Å². The number of carboxylic acid groups (broad SMARTS) is 1. The van der Waals surface area contributed by atoms with Gasteiger partial charge in [0.05, 0.1) is 6.42 Å². The summed E-state index contributed by atoms with van der Waals surface area (Å²) in [6, 6.07) is 0. The Hall–Kier alpha value is -3.66. The number of Topliss-reactive ketones (excluding diaryl/α,β-unsaturated/α-hetero) is 1. The van der Waals surface area contributed by atoms with E-state index in [0.29, 0.717) is 0 Å². The van der Waals surface area contributed by atoms with Gasteiger partial charge in [0, 0.05) is 15.7 Å². The second kappa shape index (κ2) is 13.6. The van der Waals surface area contributed by atoms with Crippen LogP contribution in [0.3, 0.4) is 0 Å². The van der Waals surface area contributed by atoms with Crippen LogP contribution in [0.25, 0.3) is 0 Å². The standard InChI is InChI=1S/C20H14O7.11H2/c1-2-3-4-5-6-7-8-9-10-11-12-13-14-15(21)16(22)17(23)18(24)19(25)20(26)27;;;;;;;;;;;/h16-19,22-25H,14H2,1H3,(H,26,27);11*1H/t16-,17+,18-,19-;;;;;;;;;;;/m1.........../s1. The fourth-order valence-corrected chi connectivity index (χ4v) is 1.30. The number of ketones is 1. The minimum atomic E-state index is -2.35. The number of hydrogen-bond acceptors (Lipinski definition) is 6. The van der Waals surface area contributed by atoms with E-state index in [1.807, 2.05) is 0 Å². The molecule has 0 aliphatic carbocycles. The van der Waals surface area contributed by atoms with E-state index < -0.39 is 42.6 Å². The van der Waals surface area contributed by atoms with Crippen LogP contribution in [0.5, 0.6) is 0 Å². The first-order chi connectivity index (χ1) is 12.8. The summed E-state index contributed by atoms with van der Waals surface area (Å²) in [5.41, 5.74) is 0. The molecule has 0 bridgehead atoms. The molecule has 0 aliphatic heterocycles. The molecule has 0 saturated heterocycles. The van der Waals surface area contributed by atoms with Crippen molar-refractivity contribution in [2.24, 2.45) is 0 Å². The van der Waals surface area contributed by atoms with E-state index in [4.69, 9.17) is 10.2 Å². The molecule has 0 saturated carbocycles. The molecule has 0 unspecified atom stereocenters. The molecule has 7 heteroatoms. The van der Waals surface area contributed by atoms with Crippen molar-refractivity contribution in [3.05, 3.63) is 0 Å². The topological polar surface area (TPSA) is 135 Å². The average molecular weight is 389 g/mol. The third kappa shape index (κ3) is 10.0. The van der Waals surface area contributed by atoms with Crippen molar-refractivity contribution in [1.29, 1.82) is 0 Å². The highest BCUT2D eigenvalue weighted by Gasteiger charge is 2.36. The summed E-state index contributed by atoms with van der Waals surface area (Å²) in [5, 5.41) is 46.0. The third-order valence-electron chi connectivity index (χ3n) is 2.62. The predicted molar refractivity (Wildman–Crippen MR) is 117 cm³/mol. The van der Waals surface area contributed by atoms with Crippen molar-refractivity contribution < 1.29 is 50.8 Å². The minimum Gasteiger partial charge on any atom is -0.479 e. The maximum Gasteiger partial charge on any atom is 0.335 e. The molecule has 158 valence electrons. The zero-order valence-corrected chi connectivity index (χ0v) is 14.1. The summed E-state index contributed by atoms with van der Waals surface area (Å²) in [6.07, 6.45) is -9.43. The summed E-state index contributed by atoms with van der Waals surface area (Å²) < 4.78 is 0. The number of aliphatic carboxylic acids is 1. The maximum atomic E-state index is 11.6. The summed E-state index contributed by atoms with van der Waals surface area (Å²) in [7, 11) is 0. The molecule has 0 aromatic heterocycles. The van der Waals surface area contributed by atoms with E-state index >= 15 is 0 Å². The first-order valence-corrected chi connectivity index (χ1v) is 7.20. The minimum absolute atomic E-state index is 0. The van der Waals surface area contributed by atoms with Crippen molar-refractivity contribution in [3.8, 4) is 71.0 Å². The molecule has 0 aromatic carbocycles. The molecule has 4 atom stereocenters. The lowest BCUT2D eigenvalue weighted by Crippen LogP contribution is -2.49. The van der Waals surface area contributed by atoms with Crippen LogP contribution in [0.2, 0.25) is 0 Å². The first kappa shape index (κ1) is 23.3. The van der Waals surface area contributed by atoms with Crippen LogP contribution in [0.4, 0.5) is 0 Å². The highest BCUT2D eigenvalue weighted by Crippen LogP contribution is 2.07. The van der Waals surface area contributed by atoms with E-state index in [2.05, 4.69) is 71.0 Å². The molecule has 5 N–H and O–H groups in total. The van der Waals surface area contributed by atoms with Gasteiger partial charge in [-0.2, -0.15) is 0 Å². The molecular formula is C20H36O7. The van der Waals surface area contributed by atoms with E-state index in [0.717, 1.165) is 0 Å². The smallest absolute Gasteiger partial charge is 0.335 e. The molecule has 0 rings (SSSR count). The fraction of sp³-hybridized carbons (Fsp3) is 0.300. The number of carboxylic acids is 1. The van der Waals surface area contributed by atoms with Crippen molar-refractivity contribution in [1.82, 2.24) is 0 Å². The number of carbonyl (C=O) groups excluding carboxylic acids is 1. The Kier molecular flexibility index (Phi) is 11.8. The van der Waals surface area contributed by atoms with Crippen LogP contribution in [0.1, 0.15) is 29.0 Å². The lowest BCUT2D eigenvalue weighted by atomic mass is 9.99. The molecule has 0 aromatic rings. The van der Waals surface area contributed by atoms with E-state index in [9.17, 15) is 24.9 Å². The maximum absolute atomic E-state index is 11.6.